The van der Waals surface area contributed by atoms with Gasteiger partial charge in [-0.1, -0.05) is 13.8 Å². The highest BCUT2D eigenvalue weighted by Crippen LogP contribution is 2.36. The molecule has 1 rings (SSSR count). The van der Waals surface area contributed by atoms with E-state index in [-0.39, 0.29) is 18.1 Å². The van der Waals surface area contributed by atoms with Gasteiger partial charge in [-0.05, 0) is 25.0 Å². The minimum atomic E-state index is -0.888. The van der Waals surface area contributed by atoms with E-state index in [2.05, 4.69) is 0 Å². The summed E-state index contributed by atoms with van der Waals surface area (Å²) in [6, 6.07) is 3.33. The lowest BCUT2D eigenvalue weighted by Gasteiger charge is -2.18. The smallest absolute Gasteiger partial charge is 0.379 e. The van der Waals surface area contributed by atoms with E-state index in [4.69, 9.17) is 14.2 Å². The second-order valence-corrected chi connectivity index (χ2v) is 4.46. The molecule has 0 saturated heterocycles. The maximum atomic E-state index is 12.3. The van der Waals surface area contributed by atoms with Crippen LogP contribution in [0.1, 0.15) is 42.6 Å². The van der Waals surface area contributed by atoms with E-state index < -0.39 is 11.8 Å². The first-order chi connectivity index (χ1) is 9.47. The molecule has 0 atom stereocenters. The first-order valence-corrected chi connectivity index (χ1v) is 6.44. The molecule has 1 aromatic carbocycles. The number of carbonyl (C=O) groups excluding carboxylic acids is 2. The lowest BCUT2D eigenvalue weighted by Crippen LogP contribution is -2.20. The first-order valence-electron chi connectivity index (χ1n) is 6.44. The predicted molar refractivity (Wildman–Crippen MR) is 74.6 cm³/mol. The maximum absolute atomic E-state index is 12.3. The van der Waals surface area contributed by atoms with Gasteiger partial charge < -0.3 is 14.2 Å². The normalized spacial score (nSPS) is 10.3. The highest BCUT2D eigenvalue weighted by molar-refractivity contribution is 6.41. The van der Waals surface area contributed by atoms with E-state index in [0.717, 1.165) is 0 Å². The second-order valence-electron chi connectivity index (χ2n) is 4.46. The molecule has 5 nitrogen and oxygen atoms in total. The number of carbonyl (C=O) groups is 2. The summed E-state index contributed by atoms with van der Waals surface area (Å²) in [7, 11) is 2.97. The standard InChI is InChI=1S/C15H20O5/c1-6-20-15(17)14(16)13-11(19-5)8-7-10(18-4)12(13)9(2)3/h7-9H,6H2,1-5H3. The Morgan fingerprint density at radius 2 is 1.65 bits per heavy atom. The number of benzene rings is 1. The Hall–Kier alpha value is -2.04. The number of hydrogen-bond acceptors (Lipinski definition) is 5. The predicted octanol–water partition coefficient (Wildman–Crippen LogP) is 2.57. The van der Waals surface area contributed by atoms with Crippen molar-refractivity contribution in [1.82, 2.24) is 0 Å². The molecule has 20 heavy (non-hydrogen) atoms. The number of ketones is 1. The summed E-state index contributed by atoms with van der Waals surface area (Å²) in [5.41, 5.74) is 0.852. The number of Topliss-reactive ketones (excluding diaryl/α,β-unsaturated/α-hetero) is 1. The zero-order chi connectivity index (χ0) is 15.3. The fourth-order valence-corrected chi connectivity index (χ4v) is 2.03. The van der Waals surface area contributed by atoms with Gasteiger partial charge in [0, 0.05) is 5.56 Å². The molecule has 0 spiro atoms. The molecule has 110 valence electrons. The van der Waals surface area contributed by atoms with Crippen LogP contribution in [0.15, 0.2) is 12.1 Å². The zero-order valence-corrected chi connectivity index (χ0v) is 12.5. The van der Waals surface area contributed by atoms with E-state index in [1.165, 1.54) is 14.2 Å². The van der Waals surface area contributed by atoms with Crippen molar-refractivity contribution in [3.63, 3.8) is 0 Å². The SMILES string of the molecule is CCOC(=O)C(=O)c1c(OC)ccc(OC)c1C(C)C. The van der Waals surface area contributed by atoms with E-state index in [9.17, 15) is 9.59 Å². The molecule has 0 saturated carbocycles. The molecular weight excluding hydrogens is 260 g/mol. The Morgan fingerprint density at radius 1 is 1.10 bits per heavy atom. The van der Waals surface area contributed by atoms with Gasteiger partial charge in [0.05, 0.1) is 26.4 Å². The Balaban J connectivity index is 3.47. The van der Waals surface area contributed by atoms with Crippen molar-refractivity contribution in [3.8, 4) is 11.5 Å². The van der Waals surface area contributed by atoms with Gasteiger partial charge in [-0.25, -0.2) is 4.79 Å². The Labute approximate surface area is 118 Å². The van der Waals surface area contributed by atoms with Gasteiger partial charge in [0.15, 0.2) is 0 Å². The maximum Gasteiger partial charge on any atom is 0.379 e. The molecule has 0 aliphatic carbocycles. The highest BCUT2D eigenvalue weighted by atomic mass is 16.5. The lowest BCUT2D eigenvalue weighted by molar-refractivity contribution is -0.137. The van der Waals surface area contributed by atoms with Crippen LogP contribution in [0.2, 0.25) is 0 Å². The largest absolute Gasteiger partial charge is 0.496 e. The van der Waals surface area contributed by atoms with Crippen LogP contribution in [0, 0.1) is 0 Å². The molecule has 0 unspecified atom stereocenters. The summed E-state index contributed by atoms with van der Waals surface area (Å²) >= 11 is 0. The summed E-state index contributed by atoms with van der Waals surface area (Å²) in [6.45, 7) is 5.63. The average Bonchev–Trinajstić information content (AvgIpc) is 2.44. The lowest BCUT2D eigenvalue weighted by atomic mass is 9.92. The van der Waals surface area contributed by atoms with Crippen LogP contribution in [-0.2, 0) is 9.53 Å². The van der Waals surface area contributed by atoms with Gasteiger partial charge in [0.25, 0.3) is 5.78 Å². The second kappa shape index (κ2) is 6.93. The Bertz CT molecular complexity index is 505. The molecule has 5 heteroatoms. The quantitative estimate of drug-likeness (QED) is 0.455. The molecule has 0 N–H and O–H groups in total. The third-order valence-electron chi connectivity index (χ3n) is 2.87. The van der Waals surface area contributed by atoms with E-state index in [1.54, 1.807) is 19.1 Å². The first kappa shape index (κ1) is 16.0. The number of methoxy groups -OCH3 is 2. The summed E-state index contributed by atoms with van der Waals surface area (Å²) in [6.07, 6.45) is 0. The molecule has 0 aliphatic rings. The highest BCUT2D eigenvalue weighted by Gasteiger charge is 2.28. The molecule has 0 radical (unpaired) electrons. The van der Waals surface area contributed by atoms with Crippen molar-refractivity contribution < 1.29 is 23.8 Å². The van der Waals surface area contributed by atoms with E-state index in [0.29, 0.717) is 17.1 Å². The number of rotatable bonds is 6. The molecule has 0 fully saturated rings. The van der Waals surface area contributed by atoms with Gasteiger partial charge in [-0.3, -0.25) is 4.79 Å². The molecule has 0 heterocycles. The number of esters is 1. The minimum absolute atomic E-state index is 0.00609. The van der Waals surface area contributed by atoms with E-state index in [1.807, 2.05) is 13.8 Å². The van der Waals surface area contributed by atoms with Gasteiger partial charge in [0.2, 0.25) is 0 Å². The van der Waals surface area contributed by atoms with E-state index >= 15 is 0 Å². The summed E-state index contributed by atoms with van der Waals surface area (Å²) in [5.74, 6) is -0.721. The van der Waals surface area contributed by atoms with Crippen molar-refractivity contribution in [2.45, 2.75) is 26.7 Å². The fraction of sp³-hybridized carbons (Fsp3) is 0.467. The molecule has 1 aromatic rings. The average molecular weight is 280 g/mol. The summed E-state index contributed by atoms with van der Waals surface area (Å²) < 4.78 is 15.3. The van der Waals surface area contributed by atoms with Crippen molar-refractivity contribution >= 4 is 11.8 Å². The number of hydrogen-bond donors (Lipinski definition) is 0. The molecule has 0 amide bonds. The topological polar surface area (TPSA) is 61.8 Å². The zero-order valence-electron chi connectivity index (χ0n) is 12.5. The number of ether oxygens (including phenoxy) is 3. The summed E-state index contributed by atoms with van der Waals surface area (Å²) in [4.78, 5) is 24.0. The Morgan fingerprint density at radius 3 is 2.10 bits per heavy atom. The summed E-state index contributed by atoms with van der Waals surface area (Å²) in [5, 5.41) is 0. The van der Waals surface area contributed by atoms with Gasteiger partial charge in [0.1, 0.15) is 11.5 Å². The van der Waals surface area contributed by atoms with Crippen LogP contribution in [0.4, 0.5) is 0 Å². The fourth-order valence-electron chi connectivity index (χ4n) is 2.03. The van der Waals surface area contributed by atoms with Crippen molar-refractivity contribution in [1.29, 1.82) is 0 Å². The van der Waals surface area contributed by atoms with Crippen LogP contribution in [0.25, 0.3) is 0 Å². The molecule has 0 aromatic heterocycles. The monoisotopic (exact) mass is 280 g/mol. The van der Waals surface area contributed by atoms with Crippen LogP contribution >= 0.6 is 0 Å². The third kappa shape index (κ3) is 3.10. The molecular formula is C15H20O5. The molecule has 0 bridgehead atoms. The van der Waals surface area contributed by atoms with Crippen molar-refractivity contribution in [2.24, 2.45) is 0 Å². The van der Waals surface area contributed by atoms with Crippen LogP contribution in [0.5, 0.6) is 11.5 Å². The third-order valence-corrected chi connectivity index (χ3v) is 2.87. The minimum Gasteiger partial charge on any atom is -0.496 e. The van der Waals surface area contributed by atoms with Gasteiger partial charge in [-0.2, -0.15) is 0 Å². The molecule has 0 aliphatic heterocycles. The van der Waals surface area contributed by atoms with Crippen LogP contribution < -0.4 is 9.47 Å². The van der Waals surface area contributed by atoms with Crippen LogP contribution in [-0.4, -0.2) is 32.6 Å². The Kier molecular flexibility index (Phi) is 5.55. The van der Waals surface area contributed by atoms with Gasteiger partial charge >= 0.3 is 5.97 Å². The van der Waals surface area contributed by atoms with Gasteiger partial charge in [-0.15, -0.1) is 0 Å². The van der Waals surface area contributed by atoms with Crippen molar-refractivity contribution in [3.05, 3.63) is 23.3 Å². The van der Waals surface area contributed by atoms with Crippen molar-refractivity contribution in [2.75, 3.05) is 20.8 Å². The van der Waals surface area contributed by atoms with Crippen LogP contribution in [0.3, 0.4) is 0 Å².